The second kappa shape index (κ2) is 6.99. The van der Waals surface area contributed by atoms with Gasteiger partial charge in [0.2, 0.25) is 0 Å². The maximum absolute atomic E-state index is 11.8. The standard InChI is InChI=1S/C15H14BrN3O2/c1-10-7-12(16)4-5-13(10)19-15(21)14(20)18-9-11-3-2-6-17-8-11/h2-8H,9H2,1H3,(H,18,20)(H,19,21). The molecule has 5 nitrogen and oxygen atoms in total. The first kappa shape index (κ1) is 15.2. The Bertz CT molecular complexity index is 659. The molecule has 6 heteroatoms. The lowest BCUT2D eigenvalue weighted by atomic mass is 10.2. The quantitative estimate of drug-likeness (QED) is 0.837. The van der Waals surface area contributed by atoms with Gasteiger partial charge in [-0.3, -0.25) is 14.6 Å². The molecule has 0 aliphatic rings. The molecule has 0 aliphatic heterocycles. The van der Waals surface area contributed by atoms with Crippen molar-refractivity contribution in [3.8, 4) is 0 Å². The van der Waals surface area contributed by atoms with Crippen LogP contribution < -0.4 is 10.6 Å². The van der Waals surface area contributed by atoms with Crippen LogP contribution in [0.3, 0.4) is 0 Å². The van der Waals surface area contributed by atoms with Crippen molar-refractivity contribution >= 4 is 33.4 Å². The third kappa shape index (κ3) is 4.39. The first-order valence-corrected chi connectivity index (χ1v) is 7.10. The Morgan fingerprint density at radius 1 is 1.24 bits per heavy atom. The number of carbonyl (C=O) groups is 2. The summed E-state index contributed by atoms with van der Waals surface area (Å²) >= 11 is 3.34. The van der Waals surface area contributed by atoms with Crippen molar-refractivity contribution in [2.45, 2.75) is 13.5 Å². The maximum atomic E-state index is 11.8. The second-order valence-corrected chi connectivity index (χ2v) is 5.37. The summed E-state index contributed by atoms with van der Waals surface area (Å²) in [4.78, 5) is 27.5. The van der Waals surface area contributed by atoms with Gasteiger partial charge in [0.05, 0.1) is 0 Å². The Labute approximate surface area is 130 Å². The van der Waals surface area contributed by atoms with E-state index in [0.717, 1.165) is 15.6 Å². The monoisotopic (exact) mass is 347 g/mol. The molecule has 0 saturated heterocycles. The molecule has 0 aliphatic carbocycles. The maximum Gasteiger partial charge on any atom is 0.313 e. The Balaban J connectivity index is 1.92. The molecule has 0 bridgehead atoms. The van der Waals surface area contributed by atoms with E-state index in [-0.39, 0.29) is 6.54 Å². The Hall–Kier alpha value is -2.21. The van der Waals surface area contributed by atoms with E-state index in [4.69, 9.17) is 0 Å². The number of nitrogens with one attached hydrogen (secondary N) is 2. The molecule has 0 atom stereocenters. The summed E-state index contributed by atoms with van der Waals surface area (Å²) in [5.74, 6) is -1.37. The van der Waals surface area contributed by atoms with E-state index >= 15 is 0 Å². The summed E-state index contributed by atoms with van der Waals surface area (Å²) in [7, 11) is 0. The number of aryl methyl sites for hydroxylation is 1. The zero-order valence-electron chi connectivity index (χ0n) is 11.4. The lowest BCUT2D eigenvalue weighted by Gasteiger charge is -2.09. The molecule has 108 valence electrons. The first-order valence-electron chi connectivity index (χ1n) is 6.30. The molecule has 1 aromatic carbocycles. The number of nitrogens with zero attached hydrogens (tertiary/aromatic N) is 1. The fourth-order valence-electron chi connectivity index (χ4n) is 1.71. The van der Waals surface area contributed by atoms with Crippen LogP contribution in [0.5, 0.6) is 0 Å². The molecule has 1 heterocycles. The van der Waals surface area contributed by atoms with E-state index in [1.807, 2.05) is 19.1 Å². The average molecular weight is 348 g/mol. The van der Waals surface area contributed by atoms with Crippen LogP contribution in [-0.2, 0) is 16.1 Å². The van der Waals surface area contributed by atoms with Gasteiger partial charge in [-0.05, 0) is 42.3 Å². The van der Waals surface area contributed by atoms with Crippen LogP contribution in [0.1, 0.15) is 11.1 Å². The summed E-state index contributed by atoms with van der Waals surface area (Å²) in [5, 5.41) is 5.14. The predicted octanol–water partition coefficient (Wildman–Crippen LogP) is 2.41. The van der Waals surface area contributed by atoms with Gasteiger partial charge in [0.15, 0.2) is 0 Å². The molecule has 2 N–H and O–H groups in total. The van der Waals surface area contributed by atoms with Gasteiger partial charge >= 0.3 is 11.8 Å². The van der Waals surface area contributed by atoms with Crippen LogP contribution >= 0.6 is 15.9 Å². The zero-order valence-corrected chi connectivity index (χ0v) is 13.0. The highest BCUT2D eigenvalue weighted by Gasteiger charge is 2.14. The van der Waals surface area contributed by atoms with E-state index in [1.165, 1.54) is 0 Å². The van der Waals surface area contributed by atoms with Crippen molar-refractivity contribution in [1.82, 2.24) is 10.3 Å². The Morgan fingerprint density at radius 2 is 2.05 bits per heavy atom. The Kier molecular flexibility index (Phi) is 5.05. The number of amides is 2. The highest BCUT2D eigenvalue weighted by atomic mass is 79.9. The third-order valence-electron chi connectivity index (χ3n) is 2.82. The van der Waals surface area contributed by atoms with E-state index in [0.29, 0.717) is 5.69 Å². The minimum atomic E-state index is -0.690. The molecule has 0 fully saturated rings. The number of carbonyl (C=O) groups excluding carboxylic acids is 2. The predicted molar refractivity (Wildman–Crippen MR) is 83.6 cm³/mol. The van der Waals surface area contributed by atoms with Crippen LogP contribution in [0, 0.1) is 6.92 Å². The smallest absolute Gasteiger partial charge is 0.313 e. The topological polar surface area (TPSA) is 71.1 Å². The lowest BCUT2D eigenvalue weighted by molar-refractivity contribution is -0.136. The van der Waals surface area contributed by atoms with Gasteiger partial charge in [0.1, 0.15) is 0 Å². The highest BCUT2D eigenvalue weighted by molar-refractivity contribution is 9.10. The third-order valence-corrected chi connectivity index (χ3v) is 3.31. The van der Waals surface area contributed by atoms with E-state index in [1.54, 1.807) is 30.6 Å². The van der Waals surface area contributed by atoms with Gasteiger partial charge in [0.25, 0.3) is 0 Å². The second-order valence-electron chi connectivity index (χ2n) is 4.46. The SMILES string of the molecule is Cc1cc(Br)ccc1NC(=O)C(=O)NCc1cccnc1. The van der Waals surface area contributed by atoms with Gasteiger partial charge < -0.3 is 10.6 Å². The molecule has 0 saturated carbocycles. The van der Waals surface area contributed by atoms with Crippen molar-refractivity contribution in [3.63, 3.8) is 0 Å². The van der Waals surface area contributed by atoms with Crippen molar-refractivity contribution in [2.75, 3.05) is 5.32 Å². The van der Waals surface area contributed by atoms with Crippen LogP contribution in [-0.4, -0.2) is 16.8 Å². The van der Waals surface area contributed by atoms with E-state index in [9.17, 15) is 9.59 Å². The average Bonchev–Trinajstić information content (AvgIpc) is 2.48. The summed E-state index contributed by atoms with van der Waals surface area (Å²) < 4.78 is 0.916. The first-order chi connectivity index (χ1) is 10.1. The fourth-order valence-corrected chi connectivity index (χ4v) is 2.19. The number of hydrogen-bond donors (Lipinski definition) is 2. The van der Waals surface area contributed by atoms with Gasteiger partial charge in [-0.25, -0.2) is 0 Å². The largest absolute Gasteiger partial charge is 0.344 e. The summed E-state index contributed by atoms with van der Waals surface area (Å²) in [6, 6.07) is 9.00. The molecular formula is C15H14BrN3O2. The number of anilines is 1. The lowest BCUT2D eigenvalue weighted by Crippen LogP contribution is -2.35. The molecule has 0 spiro atoms. The number of rotatable bonds is 3. The van der Waals surface area contributed by atoms with Crippen LogP contribution in [0.2, 0.25) is 0 Å². The molecule has 0 unspecified atom stereocenters. The minimum absolute atomic E-state index is 0.263. The normalized spacial score (nSPS) is 10.0. The molecule has 2 rings (SSSR count). The molecule has 0 radical (unpaired) electrons. The van der Waals surface area contributed by atoms with Crippen molar-refractivity contribution in [1.29, 1.82) is 0 Å². The van der Waals surface area contributed by atoms with Crippen molar-refractivity contribution in [3.05, 3.63) is 58.3 Å². The Morgan fingerprint density at radius 3 is 2.71 bits per heavy atom. The molecule has 1 aromatic heterocycles. The summed E-state index contributed by atoms with van der Waals surface area (Å²) in [6.07, 6.45) is 3.28. The van der Waals surface area contributed by atoms with Crippen LogP contribution in [0.15, 0.2) is 47.2 Å². The van der Waals surface area contributed by atoms with E-state index < -0.39 is 11.8 Å². The molecule has 21 heavy (non-hydrogen) atoms. The molecule has 2 aromatic rings. The molecular weight excluding hydrogens is 334 g/mol. The summed E-state index contributed by atoms with van der Waals surface area (Å²) in [6.45, 7) is 2.12. The molecule has 2 amide bonds. The van der Waals surface area contributed by atoms with Gasteiger partial charge in [0, 0.05) is 29.1 Å². The van der Waals surface area contributed by atoms with E-state index in [2.05, 4.69) is 31.5 Å². The fraction of sp³-hybridized carbons (Fsp3) is 0.133. The van der Waals surface area contributed by atoms with Gasteiger partial charge in [-0.1, -0.05) is 22.0 Å². The number of hydrogen-bond acceptors (Lipinski definition) is 3. The number of benzene rings is 1. The summed E-state index contributed by atoms with van der Waals surface area (Å²) in [5.41, 5.74) is 2.32. The van der Waals surface area contributed by atoms with Gasteiger partial charge in [-0.2, -0.15) is 0 Å². The van der Waals surface area contributed by atoms with Crippen molar-refractivity contribution < 1.29 is 9.59 Å². The van der Waals surface area contributed by atoms with Crippen LogP contribution in [0.4, 0.5) is 5.69 Å². The van der Waals surface area contributed by atoms with Crippen molar-refractivity contribution in [2.24, 2.45) is 0 Å². The minimum Gasteiger partial charge on any atom is -0.344 e. The number of halogens is 1. The van der Waals surface area contributed by atoms with Crippen LogP contribution in [0.25, 0.3) is 0 Å². The highest BCUT2D eigenvalue weighted by Crippen LogP contribution is 2.19. The van der Waals surface area contributed by atoms with Gasteiger partial charge in [-0.15, -0.1) is 0 Å². The zero-order chi connectivity index (χ0) is 15.2. The number of aromatic nitrogens is 1. The number of pyridine rings is 1.